The van der Waals surface area contributed by atoms with Crippen molar-refractivity contribution in [1.29, 1.82) is 5.26 Å². The molecule has 14 nitrogen and oxygen atoms in total. The summed E-state index contributed by atoms with van der Waals surface area (Å²) in [5.41, 5.74) is 1.07. The fraction of sp³-hybridized carbons (Fsp3) is 0.364. The molecule has 1 fully saturated rings. The molecule has 1 aliphatic heterocycles. The minimum Gasteiger partial charge on any atom is -0.473 e. The van der Waals surface area contributed by atoms with Crippen molar-refractivity contribution in [2.75, 3.05) is 39.8 Å². The number of hydrogen-bond donors (Lipinski definition) is 5. The summed E-state index contributed by atoms with van der Waals surface area (Å²) in [4.78, 5) is 40.9. The first-order chi connectivity index (χ1) is 17.4. The smallest absolute Gasteiger partial charge is 0.414 e. The molecule has 200 valence electrons. The highest BCUT2D eigenvalue weighted by Gasteiger charge is 2.28. The van der Waals surface area contributed by atoms with Gasteiger partial charge in [-0.1, -0.05) is 28.9 Å². The Morgan fingerprint density at radius 2 is 1.54 bits per heavy atom. The molecule has 2 heterocycles. The largest absolute Gasteiger partial charge is 0.473 e. The molecule has 0 saturated carbocycles. The van der Waals surface area contributed by atoms with Crippen LogP contribution < -0.4 is 0 Å². The van der Waals surface area contributed by atoms with Crippen molar-refractivity contribution in [1.82, 2.24) is 15.0 Å². The number of piperazine rings is 1. The molecule has 0 amide bonds. The molecule has 37 heavy (non-hydrogen) atoms. The first-order valence-electron chi connectivity index (χ1n) is 10.5. The van der Waals surface area contributed by atoms with Crippen LogP contribution in [0.1, 0.15) is 11.8 Å². The third-order valence-electron chi connectivity index (χ3n) is 4.93. The molecule has 2 aromatic rings. The van der Waals surface area contributed by atoms with E-state index < -0.39 is 35.9 Å². The summed E-state index contributed by atoms with van der Waals surface area (Å²) in [5.74, 6) is -7.38. The fourth-order valence-electron chi connectivity index (χ4n) is 2.94. The number of benzene rings is 1. The second kappa shape index (κ2) is 15.2. The van der Waals surface area contributed by atoms with Gasteiger partial charge >= 0.3 is 23.9 Å². The Morgan fingerprint density at radius 3 is 2.00 bits per heavy atom. The lowest BCUT2D eigenvalue weighted by Crippen LogP contribution is -2.46. The number of nitrogens with zero attached hydrogens (tertiary/aromatic N) is 4. The molecule has 3 rings (SSSR count). The molecule has 0 aliphatic carbocycles. The number of halogens is 1. The summed E-state index contributed by atoms with van der Waals surface area (Å²) in [6, 6.07) is 11.1. The molecule has 15 heteroatoms. The van der Waals surface area contributed by atoms with Crippen molar-refractivity contribution < 1.29 is 49.2 Å². The number of aliphatic carboxylic acids is 4. The Morgan fingerprint density at radius 1 is 1.03 bits per heavy atom. The molecule has 5 N–H and O–H groups in total. The van der Waals surface area contributed by atoms with Gasteiger partial charge in [0.15, 0.2) is 5.76 Å². The summed E-state index contributed by atoms with van der Waals surface area (Å²) in [6.45, 7) is 4.24. The predicted octanol–water partition coefficient (Wildman–Crippen LogP) is 0.727. The van der Waals surface area contributed by atoms with E-state index >= 15 is 0 Å². The van der Waals surface area contributed by atoms with E-state index in [1.54, 1.807) is 12.1 Å². The maximum absolute atomic E-state index is 10.6. The summed E-state index contributed by atoms with van der Waals surface area (Å²) in [6.07, 6.45) is -0.996. The molecular weight excluding hydrogens is 516 g/mol. The van der Waals surface area contributed by atoms with Crippen LogP contribution in [0.4, 0.5) is 0 Å². The normalized spacial score (nSPS) is 15.0. The van der Waals surface area contributed by atoms with Crippen LogP contribution in [0.5, 0.6) is 0 Å². The van der Waals surface area contributed by atoms with Crippen LogP contribution in [0, 0.1) is 17.2 Å². The highest BCUT2D eigenvalue weighted by molar-refractivity contribution is 6.33. The highest BCUT2D eigenvalue weighted by Crippen LogP contribution is 2.31. The lowest BCUT2D eigenvalue weighted by Gasteiger charge is -2.33. The molecule has 0 radical (unpaired) electrons. The van der Waals surface area contributed by atoms with E-state index in [0.717, 1.165) is 26.2 Å². The predicted molar refractivity (Wildman–Crippen MR) is 125 cm³/mol. The molecule has 1 aromatic heterocycles. The molecular formula is C22H25ClN4O10. The van der Waals surface area contributed by atoms with Crippen LogP contribution in [0.25, 0.3) is 11.3 Å². The van der Waals surface area contributed by atoms with E-state index in [1.165, 1.54) is 0 Å². The van der Waals surface area contributed by atoms with Crippen molar-refractivity contribution in [3.8, 4) is 17.4 Å². The van der Waals surface area contributed by atoms with E-state index in [4.69, 9.17) is 55.7 Å². The topological polar surface area (TPSA) is 226 Å². The standard InChI is InChI=1S/C18H21ClN4O2.2C2H2O4/c1-22-6-8-23(9-7-22)12-13(11-20)18(24)16-10-17(25-21-16)14-4-2-3-5-15(14)19;2*3-1(4)2(5)6/h2-5,10,13,18,24H,6-9,12H2,1H3;2*(H,3,4)(H,5,6). The van der Waals surface area contributed by atoms with Gasteiger partial charge in [-0.25, -0.2) is 19.2 Å². The van der Waals surface area contributed by atoms with Gasteiger partial charge in [-0.15, -0.1) is 0 Å². The molecule has 1 saturated heterocycles. The average Bonchev–Trinajstić information content (AvgIpc) is 3.34. The zero-order chi connectivity index (χ0) is 28.1. The van der Waals surface area contributed by atoms with Crippen LogP contribution in [-0.4, -0.2) is 104 Å². The van der Waals surface area contributed by atoms with Gasteiger partial charge < -0.3 is 35.0 Å². The second-order valence-corrected chi connectivity index (χ2v) is 8.01. The van der Waals surface area contributed by atoms with Crippen molar-refractivity contribution in [2.45, 2.75) is 6.10 Å². The van der Waals surface area contributed by atoms with Gasteiger partial charge in [0.1, 0.15) is 11.8 Å². The summed E-state index contributed by atoms with van der Waals surface area (Å²) < 4.78 is 5.33. The first-order valence-corrected chi connectivity index (χ1v) is 10.9. The Kier molecular flexibility index (Phi) is 12.7. The summed E-state index contributed by atoms with van der Waals surface area (Å²) >= 11 is 6.16. The number of aromatic nitrogens is 1. The number of hydrogen-bond acceptors (Lipinski definition) is 10. The average molecular weight is 541 g/mol. The molecule has 1 aromatic carbocycles. The van der Waals surface area contributed by atoms with Crippen molar-refractivity contribution >= 4 is 35.5 Å². The maximum atomic E-state index is 10.6. The maximum Gasteiger partial charge on any atom is 0.414 e. The van der Waals surface area contributed by atoms with Crippen LogP contribution in [0.2, 0.25) is 5.02 Å². The van der Waals surface area contributed by atoms with Crippen molar-refractivity contribution in [2.24, 2.45) is 5.92 Å². The molecule has 2 unspecified atom stereocenters. The lowest BCUT2D eigenvalue weighted by atomic mass is 9.99. The highest BCUT2D eigenvalue weighted by atomic mass is 35.5. The first kappa shape index (κ1) is 31.0. The Balaban J connectivity index is 0.000000476. The summed E-state index contributed by atoms with van der Waals surface area (Å²) in [7, 11) is 2.08. The van der Waals surface area contributed by atoms with Gasteiger partial charge in [0, 0.05) is 44.4 Å². The number of aliphatic hydroxyl groups excluding tert-OH is 1. The second-order valence-electron chi connectivity index (χ2n) is 7.60. The van der Waals surface area contributed by atoms with Gasteiger partial charge in [0.25, 0.3) is 0 Å². The van der Waals surface area contributed by atoms with Crippen LogP contribution in [0.3, 0.4) is 0 Å². The number of rotatable bonds is 5. The van der Waals surface area contributed by atoms with Gasteiger partial charge in [0.2, 0.25) is 0 Å². The fourth-order valence-corrected chi connectivity index (χ4v) is 3.17. The van der Waals surface area contributed by atoms with E-state index in [-0.39, 0.29) is 0 Å². The Hall–Kier alpha value is -4.03. The van der Waals surface area contributed by atoms with E-state index in [1.807, 2.05) is 18.2 Å². The SMILES string of the molecule is CN1CCN(CC(C#N)C(O)c2cc(-c3ccccc3Cl)on2)CC1.O=C(O)C(=O)O.O=C(O)C(=O)O. The quantitative estimate of drug-likeness (QED) is 0.329. The number of carboxylic acids is 4. The Bertz CT molecular complexity index is 1080. The number of nitriles is 1. The van der Waals surface area contributed by atoms with Gasteiger partial charge in [0.05, 0.1) is 17.0 Å². The zero-order valence-electron chi connectivity index (χ0n) is 19.5. The third-order valence-corrected chi connectivity index (χ3v) is 5.26. The molecule has 0 bridgehead atoms. The van der Waals surface area contributed by atoms with Crippen LogP contribution in [0.15, 0.2) is 34.9 Å². The van der Waals surface area contributed by atoms with Gasteiger partial charge in [-0.2, -0.15) is 5.26 Å². The van der Waals surface area contributed by atoms with Crippen molar-refractivity contribution in [3.05, 3.63) is 41.0 Å². The molecule has 0 spiro atoms. The number of carbonyl (C=O) groups is 4. The number of aliphatic hydroxyl groups is 1. The Labute approximate surface area is 215 Å². The number of likely N-dealkylation sites (N-methyl/N-ethyl adjacent to an activating group) is 1. The molecule has 1 aliphatic rings. The van der Waals surface area contributed by atoms with E-state index in [0.29, 0.717) is 28.6 Å². The number of carboxylic acid groups (broad SMARTS) is 4. The van der Waals surface area contributed by atoms with Crippen molar-refractivity contribution in [3.63, 3.8) is 0 Å². The van der Waals surface area contributed by atoms with Gasteiger partial charge in [-0.05, 0) is 19.2 Å². The lowest BCUT2D eigenvalue weighted by molar-refractivity contribution is -0.159. The molecule has 2 atom stereocenters. The van der Waals surface area contributed by atoms with E-state index in [2.05, 4.69) is 28.1 Å². The van der Waals surface area contributed by atoms with Crippen LogP contribution in [-0.2, 0) is 19.2 Å². The monoisotopic (exact) mass is 540 g/mol. The minimum atomic E-state index is -1.82. The zero-order valence-corrected chi connectivity index (χ0v) is 20.3. The summed E-state index contributed by atoms with van der Waals surface area (Å²) in [5, 5.41) is 54.1. The van der Waals surface area contributed by atoms with Crippen LogP contribution >= 0.6 is 11.6 Å². The minimum absolute atomic E-state index is 0.357. The van der Waals surface area contributed by atoms with E-state index in [9.17, 15) is 10.4 Å². The van der Waals surface area contributed by atoms with Gasteiger partial charge in [-0.3, -0.25) is 4.90 Å². The third kappa shape index (κ3) is 10.6.